The van der Waals surface area contributed by atoms with Gasteiger partial charge in [-0.1, -0.05) is 47.7 Å². The Morgan fingerprint density at radius 1 is 1.00 bits per heavy atom. The molecule has 0 saturated heterocycles. The number of thiophene rings is 1. The van der Waals surface area contributed by atoms with Crippen molar-refractivity contribution in [1.82, 2.24) is 9.97 Å². The van der Waals surface area contributed by atoms with Gasteiger partial charge in [-0.2, -0.15) is 0 Å². The smallest absolute Gasteiger partial charge is 0.258 e. The highest BCUT2D eigenvalue weighted by Crippen LogP contribution is 2.41. The molecule has 0 unspecified atom stereocenters. The Hall–Kier alpha value is -3.55. The van der Waals surface area contributed by atoms with Crippen molar-refractivity contribution in [3.63, 3.8) is 0 Å². The van der Waals surface area contributed by atoms with Crippen LogP contribution in [0.4, 0.5) is 5.13 Å². The quantitative estimate of drug-likeness (QED) is 0.360. The minimum absolute atomic E-state index is 0.197. The third-order valence-electron chi connectivity index (χ3n) is 5.15. The van der Waals surface area contributed by atoms with Crippen molar-refractivity contribution >= 4 is 44.6 Å². The Labute approximate surface area is 186 Å². The SMILES string of the molecule is O=C(Nc1nc2c(s1)COc1ccccc1-2)c1cc(-c2cccs2)nc2ccccc12. The van der Waals surface area contributed by atoms with Crippen molar-refractivity contribution in [2.45, 2.75) is 6.61 Å². The first kappa shape index (κ1) is 18.2. The van der Waals surface area contributed by atoms with Gasteiger partial charge in [0.15, 0.2) is 5.13 Å². The van der Waals surface area contributed by atoms with E-state index in [2.05, 4.69) is 5.32 Å². The van der Waals surface area contributed by atoms with E-state index < -0.39 is 0 Å². The number of amides is 1. The van der Waals surface area contributed by atoms with E-state index in [9.17, 15) is 4.79 Å². The Kier molecular flexibility index (Phi) is 4.29. The number of aromatic nitrogens is 2. The third-order valence-corrected chi connectivity index (χ3v) is 6.99. The number of para-hydroxylation sites is 2. The fourth-order valence-electron chi connectivity index (χ4n) is 3.72. The summed E-state index contributed by atoms with van der Waals surface area (Å²) in [6, 6.07) is 21.4. The Bertz CT molecular complexity index is 1440. The summed E-state index contributed by atoms with van der Waals surface area (Å²) < 4.78 is 5.82. The molecule has 1 N–H and O–H groups in total. The number of carbonyl (C=O) groups excluding carboxylic acids is 1. The van der Waals surface area contributed by atoms with Crippen molar-refractivity contribution in [2.24, 2.45) is 0 Å². The molecule has 1 aliphatic rings. The highest BCUT2D eigenvalue weighted by atomic mass is 32.1. The molecule has 0 bridgehead atoms. The van der Waals surface area contributed by atoms with Crippen LogP contribution in [0.3, 0.4) is 0 Å². The number of thiazole rings is 1. The topological polar surface area (TPSA) is 64.1 Å². The van der Waals surface area contributed by atoms with E-state index in [0.29, 0.717) is 17.3 Å². The number of fused-ring (bicyclic) bond motifs is 4. The van der Waals surface area contributed by atoms with Gasteiger partial charge in [0.2, 0.25) is 0 Å². The van der Waals surface area contributed by atoms with E-state index in [-0.39, 0.29) is 5.91 Å². The second-order valence-corrected chi connectivity index (χ2v) is 9.11. The summed E-state index contributed by atoms with van der Waals surface area (Å²) >= 11 is 3.05. The summed E-state index contributed by atoms with van der Waals surface area (Å²) in [6.45, 7) is 0.459. The van der Waals surface area contributed by atoms with Crippen LogP contribution in [0.2, 0.25) is 0 Å². The number of hydrogen-bond acceptors (Lipinski definition) is 6. The predicted molar refractivity (Wildman–Crippen MR) is 125 cm³/mol. The minimum Gasteiger partial charge on any atom is -0.487 e. The number of pyridine rings is 1. The molecule has 7 heteroatoms. The number of anilines is 1. The molecule has 4 heterocycles. The standard InChI is InChI=1S/C24H15N3O2S2/c28-23(27-24-26-22-15-7-2-4-9-19(15)29-13-21(22)31-24)16-12-18(20-10-5-11-30-20)25-17-8-3-1-6-14(16)17/h1-12H,13H2,(H,26,27,28). The normalized spacial score (nSPS) is 12.1. The van der Waals surface area contributed by atoms with Gasteiger partial charge in [0.05, 0.1) is 32.2 Å². The second-order valence-electron chi connectivity index (χ2n) is 7.08. The van der Waals surface area contributed by atoms with Crippen LogP contribution < -0.4 is 10.1 Å². The number of benzene rings is 2. The van der Waals surface area contributed by atoms with Crippen LogP contribution in [0.15, 0.2) is 72.1 Å². The number of hydrogen-bond donors (Lipinski definition) is 1. The zero-order valence-corrected chi connectivity index (χ0v) is 17.8. The Balaban J connectivity index is 1.39. The number of nitrogens with zero attached hydrogens (tertiary/aromatic N) is 2. The third kappa shape index (κ3) is 3.19. The molecule has 1 amide bonds. The van der Waals surface area contributed by atoms with Crippen LogP contribution in [0, 0.1) is 0 Å². The van der Waals surface area contributed by atoms with E-state index >= 15 is 0 Å². The van der Waals surface area contributed by atoms with E-state index in [0.717, 1.165) is 43.4 Å². The first-order valence-electron chi connectivity index (χ1n) is 9.73. The maximum Gasteiger partial charge on any atom is 0.258 e. The molecular weight excluding hydrogens is 426 g/mol. The van der Waals surface area contributed by atoms with Gasteiger partial charge in [0, 0.05) is 10.9 Å². The second kappa shape index (κ2) is 7.30. The molecule has 5 nitrogen and oxygen atoms in total. The Morgan fingerprint density at radius 2 is 1.87 bits per heavy atom. The van der Waals surface area contributed by atoms with Gasteiger partial charge in [-0.25, -0.2) is 9.97 Å². The molecule has 0 radical (unpaired) electrons. The monoisotopic (exact) mass is 441 g/mol. The zero-order valence-electron chi connectivity index (χ0n) is 16.2. The maximum absolute atomic E-state index is 13.3. The molecule has 0 aliphatic carbocycles. The van der Waals surface area contributed by atoms with E-state index in [1.165, 1.54) is 11.3 Å². The van der Waals surface area contributed by atoms with E-state index in [4.69, 9.17) is 14.7 Å². The van der Waals surface area contributed by atoms with Gasteiger partial charge in [-0.15, -0.1) is 11.3 Å². The van der Waals surface area contributed by atoms with Crippen LogP contribution in [-0.2, 0) is 6.61 Å². The molecule has 5 aromatic rings. The van der Waals surface area contributed by atoms with Crippen molar-refractivity contribution < 1.29 is 9.53 Å². The fourth-order valence-corrected chi connectivity index (χ4v) is 5.29. The summed E-state index contributed by atoms with van der Waals surface area (Å²) in [5.41, 5.74) is 3.99. The molecule has 0 fully saturated rings. The molecule has 3 aromatic heterocycles. The van der Waals surface area contributed by atoms with Crippen LogP contribution in [-0.4, -0.2) is 15.9 Å². The summed E-state index contributed by atoms with van der Waals surface area (Å²) in [4.78, 5) is 24.8. The van der Waals surface area contributed by atoms with E-state index in [1.807, 2.05) is 72.1 Å². The zero-order chi connectivity index (χ0) is 20.8. The number of ether oxygens (including phenoxy) is 1. The molecule has 6 rings (SSSR count). The number of rotatable bonds is 3. The lowest BCUT2D eigenvalue weighted by Gasteiger charge is -2.15. The fraction of sp³-hybridized carbons (Fsp3) is 0.0417. The lowest BCUT2D eigenvalue weighted by Crippen LogP contribution is -2.13. The van der Waals surface area contributed by atoms with Gasteiger partial charge >= 0.3 is 0 Å². The number of carbonyl (C=O) groups is 1. The van der Waals surface area contributed by atoms with Crippen molar-refractivity contribution in [2.75, 3.05) is 5.32 Å². The van der Waals surface area contributed by atoms with Gasteiger partial charge in [0.25, 0.3) is 5.91 Å². The highest BCUT2D eigenvalue weighted by molar-refractivity contribution is 7.16. The first-order chi connectivity index (χ1) is 15.3. The van der Waals surface area contributed by atoms with Gasteiger partial charge in [0.1, 0.15) is 12.4 Å². The first-order valence-corrected chi connectivity index (χ1v) is 11.4. The molecular formula is C24H15N3O2S2. The average molecular weight is 442 g/mol. The van der Waals surface area contributed by atoms with Crippen LogP contribution in [0.1, 0.15) is 15.2 Å². The minimum atomic E-state index is -0.197. The van der Waals surface area contributed by atoms with Gasteiger partial charge in [-0.05, 0) is 35.7 Å². The lowest BCUT2D eigenvalue weighted by molar-refractivity contribution is 0.102. The lowest BCUT2D eigenvalue weighted by atomic mass is 10.1. The van der Waals surface area contributed by atoms with Crippen LogP contribution >= 0.6 is 22.7 Å². The Morgan fingerprint density at radius 3 is 2.77 bits per heavy atom. The number of nitrogens with one attached hydrogen (secondary N) is 1. The molecule has 2 aromatic carbocycles. The molecule has 31 heavy (non-hydrogen) atoms. The molecule has 0 spiro atoms. The van der Waals surface area contributed by atoms with Crippen LogP contribution in [0.25, 0.3) is 32.7 Å². The van der Waals surface area contributed by atoms with Crippen LogP contribution in [0.5, 0.6) is 5.75 Å². The molecule has 0 atom stereocenters. The average Bonchev–Trinajstić information content (AvgIpc) is 3.48. The van der Waals surface area contributed by atoms with Gasteiger partial charge < -0.3 is 4.74 Å². The van der Waals surface area contributed by atoms with E-state index in [1.54, 1.807) is 11.3 Å². The molecule has 150 valence electrons. The molecule has 1 aliphatic heterocycles. The van der Waals surface area contributed by atoms with Crippen molar-refractivity contribution in [3.8, 4) is 27.6 Å². The summed E-state index contributed by atoms with van der Waals surface area (Å²) in [5.74, 6) is 0.621. The highest BCUT2D eigenvalue weighted by Gasteiger charge is 2.23. The van der Waals surface area contributed by atoms with Crippen molar-refractivity contribution in [1.29, 1.82) is 0 Å². The van der Waals surface area contributed by atoms with Crippen molar-refractivity contribution in [3.05, 3.63) is 82.6 Å². The summed E-state index contributed by atoms with van der Waals surface area (Å²) in [7, 11) is 0. The summed E-state index contributed by atoms with van der Waals surface area (Å²) in [5, 5.41) is 6.38. The summed E-state index contributed by atoms with van der Waals surface area (Å²) in [6.07, 6.45) is 0. The largest absolute Gasteiger partial charge is 0.487 e. The molecule has 0 saturated carbocycles. The predicted octanol–water partition coefficient (Wildman–Crippen LogP) is 6.23. The van der Waals surface area contributed by atoms with Gasteiger partial charge in [-0.3, -0.25) is 10.1 Å². The maximum atomic E-state index is 13.3.